The Labute approximate surface area is 113 Å². The van der Waals surface area contributed by atoms with Gasteiger partial charge >= 0.3 is 0 Å². The highest BCUT2D eigenvalue weighted by Crippen LogP contribution is 2.15. The van der Waals surface area contributed by atoms with Crippen LogP contribution in [-0.2, 0) is 19.5 Å². The maximum absolute atomic E-state index is 4.30. The SMILES string of the molecule is C[C@@H](NCc1nnc2n1CCCC2)c1cccnc1. The number of fused-ring (bicyclic) bond motifs is 1. The van der Waals surface area contributed by atoms with E-state index in [2.05, 4.69) is 38.1 Å². The van der Waals surface area contributed by atoms with Crippen LogP contribution in [0.5, 0.6) is 0 Å². The summed E-state index contributed by atoms with van der Waals surface area (Å²) in [6, 6.07) is 4.32. The predicted molar refractivity (Wildman–Crippen MR) is 72.5 cm³/mol. The van der Waals surface area contributed by atoms with E-state index < -0.39 is 0 Å². The largest absolute Gasteiger partial charge is 0.314 e. The van der Waals surface area contributed by atoms with Crippen LogP contribution < -0.4 is 5.32 Å². The predicted octanol–water partition coefficient (Wildman–Crippen LogP) is 1.86. The molecule has 0 aromatic carbocycles. The Morgan fingerprint density at radius 3 is 3.16 bits per heavy atom. The lowest BCUT2D eigenvalue weighted by Gasteiger charge is -2.17. The van der Waals surface area contributed by atoms with E-state index >= 15 is 0 Å². The standard InChI is InChI=1S/C14H19N5/c1-11(12-5-4-7-15-9-12)16-10-14-18-17-13-6-2-3-8-19(13)14/h4-5,7,9,11,16H,2-3,6,8,10H2,1H3/t11-/m1/s1. The van der Waals surface area contributed by atoms with Gasteiger partial charge in [-0.05, 0) is 31.4 Å². The Morgan fingerprint density at radius 2 is 2.32 bits per heavy atom. The lowest BCUT2D eigenvalue weighted by molar-refractivity contribution is 0.483. The van der Waals surface area contributed by atoms with Crippen molar-refractivity contribution in [3.63, 3.8) is 0 Å². The van der Waals surface area contributed by atoms with Crippen molar-refractivity contribution >= 4 is 0 Å². The topological polar surface area (TPSA) is 55.6 Å². The number of nitrogens with one attached hydrogen (secondary N) is 1. The minimum Gasteiger partial charge on any atom is -0.314 e. The van der Waals surface area contributed by atoms with Gasteiger partial charge in [-0.1, -0.05) is 6.07 Å². The molecule has 0 radical (unpaired) electrons. The summed E-state index contributed by atoms with van der Waals surface area (Å²) in [6.07, 6.45) is 7.22. The van der Waals surface area contributed by atoms with Gasteiger partial charge in [-0.3, -0.25) is 4.98 Å². The van der Waals surface area contributed by atoms with Crippen molar-refractivity contribution < 1.29 is 0 Å². The summed E-state index contributed by atoms with van der Waals surface area (Å²) in [4.78, 5) is 4.15. The van der Waals surface area contributed by atoms with Crippen LogP contribution in [0.25, 0.3) is 0 Å². The Bertz CT molecular complexity index is 534. The zero-order valence-electron chi connectivity index (χ0n) is 11.2. The summed E-state index contributed by atoms with van der Waals surface area (Å²) in [6.45, 7) is 3.95. The van der Waals surface area contributed by atoms with Gasteiger partial charge in [0.1, 0.15) is 11.6 Å². The average Bonchev–Trinajstić information content (AvgIpc) is 2.89. The van der Waals surface area contributed by atoms with E-state index in [0.29, 0.717) is 0 Å². The molecule has 1 atom stereocenters. The fourth-order valence-corrected chi connectivity index (χ4v) is 2.49. The van der Waals surface area contributed by atoms with Gasteiger partial charge in [0.2, 0.25) is 0 Å². The number of rotatable bonds is 4. The first-order valence-electron chi connectivity index (χ1n) is 6.89. The van der Waals surface area contributed by atoms with Gasteiger partial charge in [-0.2, -0.15) is 0 Å². The Kier molecular flexibility index (Phi) is 3.55. The molecule has 0 saturated heterocycles. The fourth-order valence-electron chi connectivity index (χ4n) is 2.49. The minimum absolute atomic E-state index is 0.269. The second-order valence-corrected chi connectivity index (χ2v) is 5.03. The highest BCUT2D eigenvalue weighted by atomic mass is 15.3. The maximum Gasteiger partial charge on any atom is 0.147 e. The number of aryl methyl sites for hydroxylation is 1. The maximum atomic E-state index is 4.30. The molecule has 3 rings (SSSR count). The van der Waals surface area contributed by atoms with Crippen LogP contribution in [0.1, 0.15) is 43.0 Å². The Balaban J connectivity index is 1.65. The summed E-state index contributed by atoms with van der Waals surface area (Å²) >= 11 is 0. The normalized spacial score (nSPS) is 16.1. The summed E-state index contributed by atoms with van der Waals surface area (Å²) in [5, 5.41) is 12.1. The van der Waals surface area contributed by atoms with Crippen LogP contribution >= 0.6 is 0 Å². The zero-order valence-corrected chi connectivity index (χ0v) is 11.2. The fraction of sp³-hybridized carbons (Fsp3) is 0.500. The number of pyridine rings is 1. The highest BCUT2D eigenvalue weighted by Gasteiger charge is 2.16. The number of hydrogen-bond acceptors (Lipinski definition) is 4. The number of hydrogen-bond donors (Lipinski definition) is 1. The molecule has 1 N–H and O–H groups in total. The van der Waals surface area contributed by atoms with Gasteiger partial charge in [0, 0.05) is 31.4 Å². The molecule has 1 aliphatic heterocycles. The summed E-state index contributed by atoms with van der Waals surface area (Å²) in [5.74, 6) is 2.18. The molecule has 2 aromatic heterocycles. The van der Waals surface area contributed by atoms with Crippen molar-refractivity contribution in [2.24, 2.45) is 0 Å². The molecule has 100 valence electrons. The Hall–Kier alpha value is -1.75. The molecule has 0 bridgehead atoms. The van der Waals surface area contributed by atoms with E-state index in [4.69, 9.17) is 0 Å². The summed E-state index contributed by atoms with van der Waals surface area (Å²) < 4.78 is 2.26. The van der Waals surface area contributed by atoms with Crippen LogP contribution in [0.2, 0.25) is 0 Å². The van der Waals surface area contributed by atoms with Crippen LogP contribution in [0.3, 0.4) is 0 Å². The van der Waals surface area contributed by atoms with Gasteiger partial charge in [-0.25, -0.2) is 0 Å². The van der Waals surface area contributed by atoms with Crippen molar-refractivity contribution in [2.75, 3.05) is 0 Å². The van der Waals surface area contributed by atoms with Crippen molar-refractivity contribution in [1.29, 1.82) is 0 Å². The monoisotopic (exact) mass is 257 g/mol. The second-order valence-electron chi connectivity index (χ2n) is 5.03. The molecule has 1 aliphatic rings. The second kappa shape index (κ2) is 5.48. The summed E-state index contributed by atoms with van der Waals surface area (Å²) in [7, 11) is 0. The van der Waals surface area contributed by atoms with Gasteiger partial charge in [0.05, 0.1) is 6.54 Å². The van der Waals surface area contributed by atoms with Gasteiger partial charge < -0.3 is 9.88 Å². The molecule has 0 spiro atoms. The van der Waals surface area contributed by atoms with E-state index in [-0.39, 0.29) is 6.04 Å². The molecular weight excluding hydrogens is 238 g/mol. The molecule has 0 unspecified atom stereocenters. The third-order valence-corrected chi connectivity index (χ3v) is 3.69. The smallest absolute Gasteiger partial charge is 0.147 e. The van der Waals surface area contributed by atoms with Crippen molar-refractivity contribution in [2.45, 2.75) is 45.3 Å². The first-order valence-corrected chi connectivity index (χ1v) is 6.89. The van der Waals surface area contributed by atoms with Crippen molar-refractivity contribution in [1.82, 2.24) is 25.1 Å². The molecule has 0 amide bonds. The quantitative estimate of drug-likeness (QED) is 0.908. The van der Waals surface area contributed by atoms with Crippen molar-refractivity contribution in [3.8, 4) is 0 Å². The first kappa shape index (κ1) is 12.3. The van der Waals surface area contributed by atoms with Crippen molar-refractivity contribution in [3.05, 3.63) is 41.7 Å². The molecular formula is C14H19N5. The Morgan fingerprint density at radius 1 is 1.37 bits per heavy atom. The minimum atomic E-state index is 0.269. The van der Waals surface area contributed by atoms with E-state index in [1.54, 1.807) is 6.20 Å². The average molecular weight is 257 g/mol. The zero-order chi connectivity index (χ0) is 13.1. The molecule has 5 nitrogen and oxygen atoms in total. The van der Waals surface area contributed by atoms with Crippen LogP contribution in [0.15, 0.2) is 24.5 Å². The van der Waals surface area contributed by atoms with Gasteiger partial charge in [-0.15, -0.1) is 10.2 Å². The van der Waals surface area contributed by atoms with E-state index in [0.717, 1.165) is 31.2 Å². The van der Waals surface area contributed by atoms with Crippen LogP contribution in [-0.4, -0.2) is 19.7 Å². The summed E-state index contributed by atoms with van der Waals surface area (Å²) in [5.41, 5.74) is 1.20. The van der Waals surface area contributed by atoms with E-state index in [9.17, 15) is 0 Å². The van der Waals surface area contributed by atoms with Gasteiger partial charge in [0.25, 0.3) is 0 Å². The molecule has 19 heavy (non-hydrogen) atoms. The third kappa shape index (κ3) is 2.66. The lowest BCUT2D eigenvalue weighted by Crippen LogP contribution is -2.22. The third-order valence-electron chi connectivity index (χ3n) is 3.69. The number of aromatic nitrogens is 4. The van der Waals surface area contributed by atoms with Gasteiger partial charge in [0.15, 0.2) is 0 Å². The molecule has 0 aliphatic carbocycles. The first-order chi connectivity index (χ1) is 9.34. The molecule has 0 saturated carbocycles. The highest BCUT2D eigenvalue weighted by molar-refractivity contribution is 5.13. The lowest BCUT2D eigenvalue weighted by atomic mass is 10.1. The van der Waals surface area contributed by atoms with Crippen LogP contribution in [0, 0.1) is 0 Å². The molecule has 0 fully saturated rings. The van der Waals surface area contributed by atoms with Crippen LogP contribution in [0.4, 0.5) is 0 Å². The molecule has 2 aromatic rings. The van der Waals surface area contributed by atoms with E-state index in [1.165, 1.54) is 18.4 Å². The molecule has 3 heterocycles. The van der Waals surface area contributed by atoms with E-state index in [1.807, 2.05) is 12.3 Å². The molecule has 5 heteroatoms. The number of nitrogens with zero attached hydrogens (tertiary/aromatic N) is 4.